The summed E-state index contributed by atoms with van der Waals surface area (Å²) in [7, 11) is 0. The Kier molecular flexibility index (Phi) is 10.7. The van der Waals surface area contributed by atoms with Crippen molar-refractivity contribution in [2.75, 3.05) is 24.6 Å². The normalized spacial score (nSPS) is 11.6. The molecule has 0 radical (unpaired) electrons. The van der Waals surface area contributed by atoms with E-state index < -0.39 is 0 Å². The van der Waals surface area contributed by atoms with Crippen LogP contribution in [0.4, 0.5) is 0 Å². The molecule has 1 N–H and O–H groups in total. The summed E-state index contributed by atoms with van der Waals surface area (Å²) in [6.45, 7) is 3.76. The molecular weight excluding hydrogens is 496 g/mol. The molecule has 2 aromatic heterocycles. The standard InChI is InChI=1S/C18H22Br2N4S2/c1-14(21-8-10-25-12-17-15(19)4-2-6-23-17)22-9-11-26-13-18-16(20)5-3-7-24-18/h2-7H,8-13H2,1H3,(H,21,22). The van der Waals surface area contributed by atoms with Gasteiger partial charge in [-0.1, -0.05) is 0 Å². The van der Waals surface area contributed by atoms with Crippen LogP contribution < -0.4 is 5.32 Å². The molecule has 0 amide bonds. The Bertz CT molecular complexity index is 713. The highest BCUT2D eigenvalue weighted by atomic mass is 79.9. The number of aromatic nitrogens is 2. The van der Waals surface area contributed by atoms with Gasteiger partial charge in [-0.3, -0.25) is 15.0 Å². The van der Waals surface area contributed by atoms with Gasteiger partial charge in [-0.15, -0.1) is 0 Å². The van der Waals surface area contributed by atoms with Crippen LogP contribution >= 0.6 is 55.4 Å². The second-order valence-corrected chi connectivity index (χ2v) is 9.28. The minimum absolute atomic E-state index is 0.821. The van der Waals surface area contributed by atoms with Gasteiger partial charge in [0.1, 0.15) is 0 Å². The molecule has 2 aromatic rings. The minimum atomic E-state index is 0.821. The molecule has 4 nitrogen and oxygen atoms in total. The van der Waals surface area contributed by atoms with Crippen molar-refractivity contribution in [3.05, 3.63) is 57.0 Å². The Morgan fingerprint density at radius 1 is 1.00 bits per heavy atom. The zero-order valence-electron chi connectivity index (χ0n) is 14.6. The average molecular weight is 518 g/mol. The first kappa shape index (κ1) is 21.7. The van der Waals surface area contributed by atoms with E-state index in [0.29, 0.717) is 0 Å². The first-order valence-corrected chi connectivity index (χ1v) is 12.2. The summed E-state index contributed by atoms with van der Waals surface area (Å²) in [4.78, 5) is 13.3. The van der Waals surface area contributed by atoms with Gasteiger partial charge in [-0.05, 0) is 63.0 Å². The first-order valence-electron chi connectivity index (χ1n) is 8.26. The maximum Gasteiger partial charge on any atom is 0.0932 e. The number of hydrogen-bond donors (Lipinski definition) is 1. The lowest BCUT2D eigenvalue weighted by Gasteiger charge is -2.07. The van der Waals surface area contributed by atoms with Gasteiger partial charge in [0.15, 0.2) is 0 Å². The van der Waals surface area contributed by atoms with Crippen molar-refractivity contribution in [3.63, 3.8) is 0 Å². The van der Waals surface area contributed by atoms with Crippen molar-refractivity contribution in [2.24, 2.45) is 4.99 Å². The minimum Gasteiger partial charge on any atom is -0.373 e. The smallest absolute Gasteiger partial charge is 0.0932 e. The lowest BCUT2D eigenvalue weighted by atomic mass is 10.4. The Hall–Kier alpha value is -0.570. The predicted molar refractivity (Wildman–Crippen MR) is 122 cm³/mol. The number of halogens is 2. The van der Waals surface area contributed by atoms with Gasteiger partial charge in [-0.2, -0.15) is 23.5 Å². The fourth-order valence-electron chi connectivity index (χ4n) is 2.02. The van der Waals surface area contributed by atoms with Gasteiger partial charge >= 0.3 is 0 Å². The summed E-state index contributed by atoms with van der Waals surface area (Å²) in [5, 5.41) is 3.37. The molecule has 0 aliphatic heterocycles. The van der Waals surface area contributed by atoms with Crippen LogP contribution in [0.25, 0.3) is 0 Å². The zero-order chi connectivity index (χ0) is 18.6. The number of thioether (sulfide) groups is 2. The molecule has 0 aliphatic rings. The topological polar surface area (TPSA) is 50.2 Å². The van der Waals surface area contributed by atoms with Gasteiger partial charge in [0.05, 0.1) is 17.2 Å². The van der Waals surface area contributed by atoms with E-state index >= 15 is 0 Å². The van der Waals surface area contributed by atoms with Gasteiger partial charge in [0.25, 0.3) is 0 Å². The van der Waals surface area contributed by atoms with E-state index in [1.807, 2.05) is 67.1 Å². The Morgan fingerprint density at radius 2 is 1.58 bits per heavy atom. The van der Waals surface area contributed by atoms with Crippen LogP contribution in [-0.2, 0) is 11.5 Å². The quantitative estimate of drug-likeness (QED) is 0.267. The number of aliphatic imine (C=N–C) groups is 1. The highest BCUT2D eigenvalue weighted by Gasteiger charge is 2.01. The number of amidine groups is 1. The predicted octanol–water partition coefficient (Wildman–Crippen LogP) is 5.18. The molecule has 0 atom stereocenters. The maximum absolute atomic E-state index is 4.57. The van der Waals surface area contributed by atoms with Gasteiger partial charge in [-0.25, -0.2) is 0 Å². The monoisotopic (exact) mass is 516 g/mol. The lowest BCUT2D eigenvalue weighted by Crippen LogP contribution is -2.23. The molecule has 8 heteroatoms. The summed E-state index contributed by atoms with van der Waals surface area (Å²) in [6.07, 6.45) is 3.66. The van der Waals surface area contributed by atoms with Crippen molar-refractivity contribution in [1.29, 1.82) is 0 Å². The van der Waals surface area contributed by atoms with Crippen molar-refractivity contribution in [1.82, 2.24) is 15.3 Å². The summed E-state index contributed by atoms with van der Waals surface area (Å²) in [5.74, 6) is 4.84. The van der Waals surface area contributed by atoms with Crippen LogP contribution in [0.5, 0.6) is 0 Å². The average Bonchev–Trinajstić information content (AvgIpc) is 2.64. The molecule has 2 rings (SSSR count). The van der Waals surface area contributed by atoms with E-state index in [9.17, 15) is 0 Å². The molecule has 0 fully saturated rings. The number of nitrogens with zero attached hydrogens (tertiary/aromatic N) is 3. The van der Waals surface area contributed by atoms with Gasteiger partial charge < -0.3 is 5.32 Å². The third kappa shape index (κ3) is 8.41. The van der Waals surface area contributed by atoms with Crippen molar-refractivity contribution in [2.45, 2.75) is 18.4 Å². The maximum atomic E-state index is 4.57. The van der Waals surface area contributed by atoms with Gasteiger partial charge in [0.2, 0.25) is 0 Å². The molecule has 140 valence electrons. The molecule has 0 saturated heterocycles. The van der Waals surface area contributed by atoms with Crippen LogP contribution in [0.1, 0.15) is 18.3 Å². The zero-order valence-corrected chi connectivity index (χ0v) is 19.4. The second-order valence-electron chi connectivity index (χ2n) is 5.36. The van der Waals surface area contributed by atoms with Crippen molar-refractivity contribution < 1.29 is 0 Å². The van der Waals surface area contributed by atoms with Crippen LogP contribution in [0.3, 0.4) is 0 Å². The van der Waals surface area contributed by atoms with Crippen LogP contribution in [0.15, 0.2) is 50.6 Å². The first-order chi connectivity index (χ1) is 12.7. The Balaban J connectivity index is 1.53. The molecule has 0 spiro atoms. The SMILES string of the molecule is CC(=NCCSCc1ncccc1Br)NCCSCc1ncccc1Br. The largest absolute Gasteiger partial charge is 0.373 e. The molecule has 2 heterocycles. The van der Waals surface area contributed by atoms with Gasteiger partial charge in [0, 0.05) is 57.4 Å². The Morgan fingerprint density at radius 3 is 2.15 bits per heavy atom. The third-order valence-electron chi connectivity index (χ3n) is 3.36. The number of hydrogen-bond acceptors (Lipinski definition) is 5. The van der Waals surface area contributed by atoms with E-state index in [0.717, 1.165) is 62.3 Å². The summed E-state index contributed by atoms with van der Waals surface area (Å²) < 4.78 is 2.15. The lowest BCUT2D eigenvalue weighted by molar-refractivity contribution is 0.950. The molecule has 0 aliphatic carbocycles. The Labute approximate surface area is 180 Å². The van der Waals surface area contributed by atoms with Crippen LogP contribution in [0, 0.1) is 0 Å². The fourth-order valence-corrected chi connectivity index (χ4v) is 4.79. The molecule has 26 heavy (non-hydrogen) atoms. The molecule has 0 aromatic carbocycles. The van der Waals surface area contributed by atoms with E-state index in [1.165, 1.54) is 0 Å². The van der Waals surface area contributed by atoms with E-state index in [-0.39, 0.29) is 0 Å². The number of nitrogens with one attached hydrogen (secondary N) is 1. The van der Waals surface area contributed by atoms with E-state index in [4.69, 9.17) is 0 Å². The van der Waals surface area contributed by atoms with E-state index in [1.54, 1.807) is 0 Å². The van der Waals surface area contributed by atoms with Crippen molar-refractivity contribution >= 4 is 61.2 Å². The van der Waals surface area contributed by atoms with Crippen molar-refractivity contribution in [3.8, 4) is 0 Å². The third-order valence-corrected chi connectivity index (χ3v) is 6.72. The number of pyridine rings is 2. The fraction of sp³-hybridized carbons (Fsp3) is 0.389. The molecule has 0 bridgehead atoms. The van der Waals surface area contributed by atoms with Crippen LogP contribution in [0.2, 0.25) is 0 Å². The highest BCUT2D eigenvalue weighted by Crippen LogP contribution is 2.19. The molecule has 0 saturated carbocycles. The van der Waals surface area contributed by atoms with Crippen LogP contribution in [-0.4, -0.2) is 40.4 Å². The summed E-state index contributed by atoms with van der Waals surface area (Å²) in [5.41, 5.74) is 2.19. The summed E-state index contributed by atoms with van der Waals surface area (Å²) >= 11 is 10.8. The number of rotatable bonds is 10. The molecule has 0 unspecified atom stereocenters. The second kappa shape index (κ2) is 12.8. The highest BCUT2D eigenvalue weighted by molar-refractivity contribution is 9.10. The molecular formula is C18H22Br2N4S2. The summed E-state index contributed by atoms with van der Waals surface area (Å²) in [6, 6.07) is 7.93. The van der Waals surface area contributed by atoms with E-state index in [2.05, 4.69) is 52.1 Å².